The highest BCUT2D eigenvalue weighted by Gasteiger charge is 2.21. The number of nitrogens with zero attached hydrogens (tertiary/aromatic N) is 2. The Balaban J connectivity index is 1.66. The summed E-state index contributed by atoms with van der Waals surface area (Å²) in [4.78, 5) is 3.79. The van der Waals surface area contributed by atoms with Gasteiger partial charge >= 0.3 is 0 Å². The quantitative estimate of drug-likeness (QED) is 0.714. The van der Waals surface area contributed by atoms with Crippen LogP contribution in [0.5, 0.6) is 0 Å². The van der Waals surface area contributed by atoms with Crippen LogP contribution >= 0.6 is 11.6 Å². The molecule has 1 aromatic heterocycles. The van der Waals surface area contributed by atoms with Crippen LogP contribution in [0.3, 0.4) is 0 Å². The molecule has 0 saturated carbocycles. The fourth-order valence-corrected chi connectivity index (χ4v) is 3.51. The van der Waals surface area contributed by atoms with Crippen molar-refractivity contribution in [2.75, 3.05) is 26.4 Å². The van der Waals surface area contributed by atoms with E-state index in [1.165, 1.54) is 10.9 Å². The number of rotatable bonds is 8. The van der Waals surface area contributed by atoms with Gasteiger partial charge in [0.15, 0.2) is 0 Å². The standard InChI is InChI=1S/C12H20ClN3O4S/c1-16-9-14-12(11(16)13)21(17,18)15-5-3-6-19-8-10-4-2-7-20-10/h9-10,15H,2-8H2,1H3/t10-/m0/s1. The summed E-state index contributed by atoms with van der Waals surface area (Å²) >= 11 is 5.87. The summed E-state index contributed by atoms with van der Waals surface area (Å²) in [6.07, 6.45) is 4.25. The first-order valence-corrected chi connectivity index (χ1v) is 8.72. The number of hydrogen-bond donors (Lipinski definition) is 1. The summed E-state index contributed by atoms with van der Waals surface area (Å²) in [5.41, 5.74) is 0. The Kier molecular flexibility index (Phi) is 6.00. The van der Waals surface area contributed by atoms with E-state index in [0.717, 1.165) is 19.4 Å². The van der Waals surface area contributed by atoms with Gasteiger partial charge in [-0.2, -0.15) is 0 Å². The fraction of sp³-hybridized carbons (Fsp3) is 0.750. The molecule has 0 spiro atoms. The molecule has 0 aliphatic carbocycles. The van der Waals surface area contributed by atoms with E-state index in [-0.39, 0.29) is 22.8 Å². The summed E-state index contributed by atoms with van der Waals surface area (Å²) in [5, 5.41) is -0.0518. The minimum atomic E-state index is -3.67. The molecule has 9 heteroatoms. The third-order valence-corrected chi connectivity index (χ3v) is 5.12. The Morgan fingerprint density at radius 1 is 1.62 bits per heavy atom. The largest absolute Gasteiger partial charge is 0.379 e. The molecule has 1 fully saturated rings. The number of nitrogens with one attached hydrogen (secondary N) is 1. The number of ether oxygens (including phenoxy) is 2. The monoisotopic (exact) mass is 337 g/mol. The second kappa shape index (κ2) is 7.55. The molecule has 1 aromatic rings. The van der Waals surface area contributed by atoms with Gasteiger partial charge in [-0.25, -0.2) is 18.1 Å². The lowest BCUT2D eigenvalue weighted by atomic mass is 10.2. The average Bonchev–Trinajstić information content (AvgIpc) is 3.05. The van der Waals surface area contributed by atoms with Gasteiger partial charge in [-0.15, -0.1) is 0 Å². The molecule has 21 heavy (non-hydrogen) atoms. The smallest absolute Gasteiger partial charge is 0.261 e. The number of halogens is 1. The average molecular weight is 338 g/mol. The topological polar surface area (TPSA) is 82.5 Å². The first-order chi connectivity index (χ1) is 10.0. The number of imidazole rings is 1. The number of hydrogen-bond acceptors (Lipinski definition) is 5. The van der Waals surface area contributed by atoms with Crippen LogP contribution in [0.25, 0.3) is 0 Å². The van der Waals surface area contributed by atoms with E-state index >= 15 is 0 Å². The highest BCUT2D eigenvalue weighted by atomic mass is 35.5. The van der Waals surface area contributed by atoms with Crippen molar-refractivity contribution in [2.24, 2.45) is 7.05 Å². The molecular weight excluding hydrogens is 318 g/mol. The lowest BCUT2D eigenvalue weighted by Gasteiger charge is -2.10. The SMILES string of the molecule is Cn1cnc(S(=O)(=O)NCCCOC[C@@H]2CCCO2)c1Cl. The lowest BCUT2D eigenvalue weighted by molar-refractivity contribution is 0.0169. The van der Waals surface area contributed by atoms with Crippen molar-refractivity contribution in [3.63, 3.8) is 0 Å². The third kappa shape index (κ3) is 4.65. The van der Waals surface area contributed by atoms with Crippen LogP contribution in [0.1, 0.15) is 19.3 Å². The number of aromatic nitrogens is 2. The molecule has 1 aliphatic rings. The summed E-state index contributed by atoms with van der Waals surface area (Å²) in [6.45, 7) is 2.14. The van der Waals surface area contributed by atoms with Gasteiger partial charge in [0, 0.05) is 26.8 Å². The molecule has 0 aromatic carbocycles. The van der Waals surface area contributed by atoms with Gasteiger partial charge in [0.1, 0.15) is 5.15 Å². The molecule has 120 valence electrons. The Morgan fingerprint density at radius 3 is 3.05 bits per heavy atom. The van der Waals surface area contributed by atoms with Crippen molar-refractivity contribution in [2.45, 2.75) is 30.4 Å². The molecule has 1 aliphatic heterocycles. The molecule has 1 atom stereocenters. The fourth-order valence-electron chi connectivity index (χ4n) is 2.01. The zero-order chi connectivity index (χ0) is 15.3. The van der Waals surface area contributed by atoms with Gasteiger partial charge in [0.25, 0.3) is 10.0 Å². The van der Waals surface area contributed by atoms with Gasteiger partial charge in [-0.1, -0.05) is 11.6 Å². The van der Waals surface area contributed by atoms with Gasteiger partial charge in [-0.3, -0.25) is 0 Å². The Bertz CT molecular complexity index is 555. The number of aryl methyl sites for hydroxylation is 1. The molecule has 1 saturated heterocycles. The summed E-state index contributed by atoms with van der Waals surface area (Å²) in [7, 11) is -2.03. The van der Waals surface area contributed by atoms with Crippen molar-refractivity contribution < 1.29 is 17.9 Å². The van der Waals surface area contributed by atoms with Crippen LogP contribution < -0.4 is 4.72 Å². The van der Waals surface area contributed by atoms with Crippen LogP contribution in [0.2, 0.25) is 5.15 Å². The maximum absolute atomic E-state index is 12.0. The van der Waals surface area contributed by atoms with Crippen LogP contribution in [0.4, 0.5) is 0 Å². The van der Waals surface area contributed by atoms with Gasteiger partial charge in [0.2, 0.25) is 5.03 Å². The van der Waals surface area contributed by atoms with Crippen molar-refractivity contribution in [1.29, 1.82) is 0 Å². The van der Waals surface area contributed by atoms with E-state index in [9.17, 15) is 8.42 Å². The second-order valence-electron chi connectivity index (χ2n) is 4.91. The van der Waals surface area contributed by atoms with Crippen molar-refractivity contribution in [3.05, 3.63) is 11.5 Å². The van der Waals surface area contributed by atoms with Crippen molar-refractivity contribution in [3.8, 4) is 0 Å². The predicted octanol–water partition coefficient (Wildman–Crippen LogP) is 0.937. The Labute approximate surface area is 129 Å². The number of sulfonamides is 1. The van der Waals surface area contributed by atoms with E-state index in [0.29, 0.717) is 19.6 Å². The maximum Gasteiger partial charge on any atom is 0.261 e. The maximum atomic E-state index is 12.0. The van der Waals surface area contributed by atoms with Gasteiger partial charge in [-0.05, 0) is 19.3 Å². The molecule has 0 unspecified atom stereocenters. The summed E-state index contributed by atoms with van der Waals surface area (Å²) in [5.74, 6) is 0. The molecule has 1 N–H and O–H groups in total. The molecule has 7 nitrogen and oxygen atoms in total. The lowest BCUT2D eigenvalue weighted by Crippen LogP contribution is -2.26. The van der Waals surface area contributed by atoms with E-state index in [1.807, 2.05) is 0 Å². The Morgan fingerprint density at radius 2 is 2.43 bits per heavy atom. The first-order valence-electron chi connectivity index (χ1n) is 6.86. The van der Waals surface area contributed by atoms with Crippen LogP contribution in [0.15, 0.2) is 11.4 Å². The molecule has 2 heterocycles. The minimum absolute atomic E-state index is 0.0946. The minimum Gasteiger partial charge on any atom is -0.379 e. The Hall–Kier alpha value is -0.670. The van der Waals surface area contributed by atoms with Gasteiger partial charge < -0.3 is 14.0 Å². The zero-order valence-corrected chi connectivity index (χ0v) is 13.5. The van der Waals surface area contributed by atoms with Crippen molar-refractivity contribution in [1.82, 2.24) is 14.3 Å². The van der Waals surface area contributed by atoms with Crippen molar-refractivity contribution >= 4 is 21.6 Å². The highest BCUT2D eigenvalue weighted by molar-refractivity contribution is 7.89. The van der Waals surface area contributed by atoms with Crippen LogP contribution in [-0.4, -0.2) is 50.4 Å². The van der Waals surface area contributed by atoms with Gasteiger partial charge in [0.05, 0.1) is 19.0 Å². The first kappa shape index (κ1) is 16.7. The van der Waals surface area contributed by atoms with E-state index in [1.54, 1.807) is 7.05 Å². The molecule has 2 rings (SSSR count). The molecule has 0 radical (unpaired) electrons. The normalized spacial score (nSPS) is 19.2. The molecular formula is C12H20ClN3O4S. The molecule has 0 amide bonds. The van der Waals surface area contributed by atoms with E-state index in [4.69, 9.17) is 21.1 Å². The highest BCUT2D eigenvalue weighted by Crippen LogP contribution is 2.18. The third-order valence-electron chi connectivity index (χ3n) is 3.17. The predicted molar refractivity (Wildman–Crippen MR) is 77.8 cm³/mol. The summed E-state index contributed by atoms with van der Waals surface area (Å²) < 4.78 is 38.7. The van der Waals surface area contributed by atoms with E-state index in [2.05, 4.69) is 9.71 Å². The van der Waals surface area contributed by atoms with Crippen LogP contribution in [0, 0.1) is 0 Å². The van der Waals surface area contributed by atoms with E-state index < -0.39 is 10.0 Å². The van der Waals surface area contributed by atoms with Crippen LogP contribution in [-0.2, 0) is 26.5 Å². The zero-order valence-electron chi connectivity index (χ0n) is 11.9. The second-order valence-corrected chi connectivity index (χ2v) is 6.95. The molecule has 0 bridgehead atoms. The summed E-state index contributed by atoms with van der Waals surface area (Å²) in [6, 6.07) is 0.